The molecule has 1 saturated heterocycles. The Morgan fingerprint density at radius 2 is 1.55 bits per heavy atom. The normalized spacial score (nSPS) is 31.2. The Labute approximate surface area is 127 Å². The van der Waals surface area contributed by atoms with Crippen molar-refractivity contribution in [3.63, 3.8) is 0 Å². The summed E-state index contributed by atoms with van der Waals surface area (Å²) < 4.78 is 0. The third-order valence-corrected chi connectivity index (χ3v) is 5.83. The quantitative estimate of drug-likeness (QED) is 0.670. The Morgan fingerprint density at radius 3 is 2.10 bits per heavy atom. The van der Waals surface area contributed by atoms with Crippen LogP contribution in [0.15, 0.2) is 0 Å². The van der Waals surface area contributed by atoms with E-state index in [9.17, 15) is 0 Å². The first-order chi connectivity index (χ1) is 9.45. The summed E-state index contributed by atoms with van der Waals surface area (Å²) in [6.45, 7) is 13.9. The number of likely N-dealkylation sites (tertiary alicyclic amines) is 1. The van der Waals surface area contributed by atoms with Gasteiger partial charge >= 0.3 is 0 Å². The van der Waals surface area contributed by atoms with Gasteiger partial charge in [0.2, 0.25) is 0 Å². The zero-order valence-corrected chi connectivity index (χ0v) is 14.5. The van der Waals surface area contributed by atoms with Crippen LogP contribution in [0.3, 0.4) is 0 Å². The topological polar surface area (TPSA) is 3.24 Å². The lowest BCUT2D eigenvalue weighted by Gasteiger charge is -2.38. The molecule has 1 aliphatic heterocycles. The Hall–Kier alpha value is -0.0400. The van der Waals surface area contributed by atoms with E-state index in [0.717, 1.165) is 17.8 Å². The fraction of sp³-hybridized carbons (Fsp3) is 1.00. The second-order valence-corrected chi connectivity index (χ2v) is 8.79. The van der Waals surface area contributed by atoms with Crippen LogP contribution in [0.25, 0.3) is 0 Å². The minimum atomic E-state index is 0.532. The maximum Gasteiger partial charge on any atom is 0.000712 e. The first kappa shape index (κ1) is 16.3. The zero-order chi connectivity index (χ0) is 14.6. The number of hydrogen-bond donors (Lipinski definition) is 0. The lowest BCUT2D eigenvalue weighted by molar-refractivity contribution is 0.129. The Kier molecular flexibility index (Phi) is 5.95. The maximum atomic E-state index is 2.72. The summed E-state index contributed by atoms with van der Waals surface area (Å²) in [5.41, 5.74) is 0.532. The summed E-state index contributed by atoms with van der Waals surface area (Å²) in [7, 11) is 0. The van der Waals surface area contributed by atoms with E-state index in [1.54, 1.807) is 0 Å². The minimum absolute atomic E-state index is 0.532. The molecule has 0 aromatic heterocycles. The Morgan fingerprint density at radius 1 is 0.950 bits per heavy atom. The van der Waals surface area contributed by atoms with Crippen molar-refractivity contribution in [1.29, 1.82) is 0 Å². The van der Waals surface area contributed by atoms with Gasteiger partial charge in [0.25, 0.3) is 0 Å². The van der Waals surface area contributed by atoms with Gasteiger partial charge in [0, 0.05) is 6.54 Å². The number of nitrogens with zero attached hydrogens (tertiary/aromatic N) is 1. The Bertz CT molecular complexity index is 264. The number of rotatable bonds is 4. The Balaban J connectivity index is 1.66. The van der Waals surface area contributed by atoms with Gasteiger partial charge in [0.05, 0.1) is 0 Å². The monoisotopic (exact) mass is 279 g/mol. The highest BCUT2D eigenvalue weighted by Gasteiger charge is 2.30. The van der Waals surface area contributed by atoms with Crippen LogP contribution in [0.2, 0.25) is 0 Å². The van der Waals surface area contributed by atoms with Gasteiger partial charge in [-0.15, -0.1) is 0 Å². The third kappa shape index (κ3) is 5.06. The van der Waals surface area contributed by atoms with Gasteiger partial charge in [-0.2, -0.15) is 0 Å². The highest BCUT2D eigenvalue weighted by molar-refractivity contribution is 4.81. The molecule has 2 rings (SSSR count). The van der Waals surface area contributed by atoms with Crippen LogP contribution in [-0.4, -0.2) is 24.5 Å². The molecule has 0 aromatic carbocycles. The number of piperidine rings is 1. The molecule has 1 nitrogen and oxygen atoms in total. The van der Waals surface area contributed by atoms with Gasteiger partial charge in [-0.3, -0.25) is 0 Å². The highest BCUT2D eigenvalue weighted by Crippen LogP contribution is 2.41. The fourth-order valence-electron chi connectivity index (χ4n) is 4.49. The third-order valence-electron chi connectivity index (χ3n) is 5.83. The molecular formula is C19H37N. The molecule has 1 heteroatoms. The predicted octanol–water partition coefficient (Wildman–Crippen LogP) is 5.35. The van der Waals surface area contributed by atoms with Crippen LogP contribution in [-0.2, 0) is 0 Å². The highest BCUT2D eigenvalue weighted by atomic mass is 15.1. The van der Waals surface area contributed by atoms with Crippen LogP contribution in [0.4, 0.5) is 0 Å². The van der Waals surface area contributed by atoms with Crippen molar-refractivity contribution < 1.29 is 0 Å². The molecule has 1 saturated carbocycles. The SMILES string of the molecule is CC(CC1CCC(C(C)(C)C)CC1)CN1CCCCC1. The van der Waals surface area contributed by atoms with Crippen LogP contribution in [0.1, 0.15) is 79.1 Å². The molecule has 1 unspecified atom stereocenters. The average molecular weight is 280 g/mol. The lowest BCUT2D eigenvalue weighted by atomic mass is 9.68. The van der Waals surface area contributed by atoms with Crippen molar-refractivity contribution in [3.8, 4) is 0 Å². The molecule has 1 heterocycles. The van der Waals surface area contributed by atoms with E-state index in [2.05, 4.69) is 32.6 Å². The van der Waals surface area contributed by atoms with Crippen molar-refractivity contribution >= 4 is 0 Å². The largest absolute Gasteiger partial charge is 0.303 e. The van der Waals surface area contributed by atoms with E-state index in [1.807, 2.05) is 0 Å². The van der Waals surface area contributed by atoms with E-state index in [4.69, 9.17) is 0 Å². The number of hydrogen-bond acceptors (Lipinski definition) is 1. The summed E-state index contributed by atoms with van der Waals surface area (Å²) in [4.78, 5) is 2.72. The van der Waals surface area contributed by atoms with Crippen molar-refractivity contribution in [2.24, 2.45) is 23.2 Å². The molecule has 118 valence electrons. The average Bonchev–Trinajstić information content (AvgIpc) is 2.39. The van der Waals surface area contributed by atoms with E-state index in [-0.39, 0.29) is 0 Å². The molecular weight excluding hydrogens is 242 g/mol. The van der Waals surface area contributed by atoms with Gasteiger partial charge in [-0.25, -0.2) is 0 Å². The first-order valence-electron chi connectivity index (χ1n) is 9.17. The maximum absolute atomic E-state index is 2.72. The van der Waals surface area contributed by atoms with Crippen LogP contribution < -0.4 is 0 Å². The summed E-state index contributed by atoms with van der Waals surface area (Å²) in [5.74, 6) is 2.90. The van der Waals surface area contributed by atoms with Crippen molar-refractivity contribution in [2.45, 2.75) is 79.1 Å². The van der Waals surface area contributed by atoms with Crippen LogP contribution in [0, 0.1) is 23.2 Å². The molecule has 0 N–H and O–H groups in total. The van der Waals surface area contributed by atoms with E-state index >= 15 is 0 Å². The van der Waals surface area contributed by atoms with Crippen LogP contribution >= 0.6 is 0 Å². The molecule has 1 atom stereocenters. The minimum Gasteiger partial charge on any atom is -0.303 e. The summed E-state index contributed by atoms with van der Waals surface area (Å²) >= 11 is 0. The zero-order valence-electron chi connectivity index (χ0n) is 14.5. The molecule has 0 radical (unpaired) electrons. The molecule has 1 aliphatic carbocycles. The fourth-order valence-corrected chi connectivity index (χ4v) is 4.49. The summed E-state index contributed by atoms with van der Waals surface area (Å²) in [5, 5.41) is 0. The molecule has 0 amide bonds. The lowest BCUT2D eigenvalue weighted by Crippen LogP contribution is -2.34. The molecule has 0 aromatic rings. The van der Waals surface area contributed by atoms with Crippen molar-refractivity contribution in [3.05, 3.63) is 0 Å². The van der Waals surface area contributed by atoms with Gasteiger partial charge in [-0.1, -0.05) is 47.0 Å². The molecule has 20 heavy (non-hydrogen) atoms. The van der Waals surface area contributed by atoms with E-state index in [0.29, 0.717) is 5.41 Å². The second-order valence-electron chi connectivity index (χ2n) is 8.79. The predicted molar refractivity (Wildman–Crippen MR) is 89.0 cm³/mol. The van der Waals surface area contributed by atoms with Crippen LogP contribution in [0.5, 0.6) is 0 Å². The smallest absolute Gasteiger partial charge is 0.000712 e. The molecule has 0 bridgehead atoms. The van der Waals surface area contributed by atoms with E-state index < -0.39 is 0 Å². The molecule has 2 aliphatic rings. The van der Waals surface area contributed by atoms with Gasteiger partial charge in [0.1, 0.15) is 0 Å². The molecule has 0 spiro atoms. The van der Waals surface area contributed by atoms with Gasteiger partial charge < -0.3 is 4.90 Å². The van der Waals surface area contributed by atoms with E-state index in [1.165, 1.54) is 71.0 Å². The molecule has 2 fully saturated rings. The summed E-state index contributed by atoms with van der Waals surface area (Å²) in [6.07, 6.45) is 11.7. The van der Waals surface area contributed by atoms with Crippen molar-refractivity contribution in [2.75, 3.05) is 19.6 Å². The summed E-state index contributed by atoms with van der Waals surface area (Å²) in [6, 6.07) is 0. The van der Waals surface area contributed by atoms with Gasteiger partial charge in [-0.05, 0) is 68.4 Å². The van der Waals surface area contributed by atoms with Crippen molar-refractivity contribution in [1.82, 2.24) is 4.90 Å². The first-order valence-corrected chi connectivity index (χ1v) is 9.17. The standard InChI is InChI=1S/C19H37N/c1-16(15-20-12-6-5-7-13-20)14-17-8-10-18(11-9-17)19(2,3)4/h16-18H,5-15H2,1-4H3. The van der Waals surface area contributed by atoms with Gasteiger partial charge in [0.15, 0.2) is 0 Å². The second kappa shape index (κ2) is 7.29.